The first-order chi connectivity index (χ1) is 12.0. The molecule has 0 aliphatic carbocycles. The highest BCUT2D eigenvalue weighted by molar-refractivity contribution is 6.43. The summed E-state index contributed by atoms with van der Waals surface area (Å²) in [4.78, 5) is 23.3. The van der Waals surface area contributed by atoms with Gasteiger partial charge in [-0.3, -0.25) is 10.2 Å². The number of esters is 1. The molecule has 25 heavy (non-hydrogen) atoms. The van der Waals surface area contributed by atoms with E-state index in [1.54, 1.807) is 37.5 Å². The number of carbonyl (C=O) groups is 2. The van der Waals surface area contributed by atoms with Crippen LogP contribution in [0.15, 0.2) is 53.2 Å². The molecule has 0 spiro atoms. The third-order valence-corrected chi connectivity index (χ3v) is 3.59. The predicted molar refractivity (Wildman–Crippen MR) is 94.6 cm³/mol. The topological polar surface area (TPSA) is 92.4 Å². The molecule has 0 aliphatic heterocycles. The van der Waals surface area contributed by atoms with E-state index in [-0.39, 0.29) is 11.7 Å². The summed E-state index contributed by atoms with van der Waals surface area (Å²) >= 11 is 0. The zero-order valence-electron chi connectivity index (χ0n) is 14.2. The van der Waals surface area contributed by atoms with Crippen LogP contribution >= 0.6 is 0 Å². The van der Waals surface area contributed by atoms with Gasteiger partial charge in [-0.15, -0.1) is 0 Å². The number of hydrogen-bond acceptors (Lipinski definition) is 5. The molecule has 130 valence electrons. The zero-order valence-corrected chi connectivity index (χ0v) is 14.2. The lowest BCUT2D eigenvalue weighted by atomic mass is 10.1. The fourth-order valence-corrected chi connectivity index (χ4v) is 2.20. The van der Waals surface area contributed by atoms with Crippen molar-refractivity contribution >= 4 is 23.2 Å². The molecule has 0 saturated carbocycles. The molecule has 0 radical (unpaired) electrons. The number of methoxy groups -OCH3 is 1. The monoisotopic (exact) mass is 340 g/mol. The molecule has 0 saturated heterocycles. The number of benzene rings is 1. The first kappa shape index (κ1) is 18.2. The molecule has 0 bridgehead atoms. The van der Waals surface area contributed by atoms with Crippen LogP contribution in [0.1, 0.15) is 28.6 Å². The standard InChI is InChI=1S/C19H20N2O4/c1-13(17-4-3-11-25-17)12-16(20)18(22)21-10-9-14-5-7-15(8-6-14)19(23)24-2/h3-8,11-12,20H,9-10H2,1-2H3,(H,21,22)/b13-12+,20-16?. The molecule has 2 aromatic rings. The van der Waals surface area contributed by atoms with Crippen molar-refractivity contribution in [3.05, 3.63) is 65.6 Å². The normalized spacial score (nSPS) is 11.0. The molecule has 0 unspecified atom stereocenters. The molecule has 2 N–H and O–H groups in total. The summed E-state index contributed by atoms with van der Waals surface area (Å²) in [7, 11) is 1.34. The minimum absolute atomic E-state index is 0.130. The molecule has 1 aromatic carbocycles. The number of ether oxygens (including phenoxy) is 1. The smallest absolute Gasteiger partial charge is 0.337 e. The second-order valence-corrected chi connectivity index (χ2v) is 5.41. The summed E-state index contributed by atoms with van der Waals surface area (Å²) in [6, 6.07) is 10.5. The number of allylic oxidation sites excluding steroid dienone is 1. The Morgan fingerprint density at radius 3 is 2.56 bits per heavy atom. The van der Waals surface area contributed by atoms with Crippen LogP contribution in [0.4, 0.5) is 0 Å². The van der Waals surface area contributed by atoms with E-state index < -0.39 is 5.91 Å². The van der Waals surface area contributed by atoms with Crippen LogP contribution in [0.5, 0.6) is 0 Å². The van der Waals surface area contributed by atoms with Gasteiger partial charge in [0.15, 0.2) is 0 Å². The maximum atomic E-state index is 11.9. The van der Waals surface area contributed by atoms with Crippen molar-refractivity contribution in [1.29, 1.82) is 5.41 Å². The van der Waals surface area contributed by atoms with Crippen molar-refractivity contribution in [2.24, 2.45) is 0 Å². The van der Waals surface area contributed by atoms with Gasteiger partial charge in [0.2, 0.25) is 0 Å². The summed E-state index contributed by atoms with van der Waals surface area (Å²) in [5, 5.41) is 10.5. The van der Waals surface area contributed by atoms with E-state index in [0.29, 0.717) is 29.9 Å². The van der Waals surface area contributed by atoms with Gasteiger partial charge < -0.3 is 14.5 Å². The first-order valence-electron chi connectivity index (χ1n) is 7.77. The zero-order chi connectivity index (χ0) is 18.2. The number of hydrogen-bond donors (Lipinski definition) is 2. The second-order valence-electron chi connectivity index (χ2n) is 5.41. The molecule has 6 heteroatoms. The number of furan rings is 1. The van der Waals surface area contributed by atoms with Crippen molar-refractivity contribution in [3.63, 3.8) is 0 Å². The maximum Gasteiger partial charge on any atom is 0.337 e. The first-order valence-corrected chi connectivity index (χ1v) is 7.77. The largest absolute Gasteiger partial charge is 0.465 e. The van der Waals surface area contributed by atoms with Crippen molar-refractivity contribution in [3.8, 4) is 0 Å². The Morgan fingerprint density at radius 1 is 1.24 bits per heavy atom. The molecule has 1 heterocycles. The summed E-state index contributed by atoms with van der Waals surface area (Å²) in [5.74, 6) is -0.202. The van der Waals surface area contributed by atoms with Crippen LogP contribution in [-0.2, 0) is 16.0 Å². The van der Waals surface area contributed by atoms with Crippen LogP contribution in [0.25, 0.3) is 5.57 Å². The molecular weight excluding hydrogens is 320 g/mol. The predicted octanol–water partition coefficient (Wildman–Crippen LogP) is 2.85. The van der Waals surface area contributed by atoms with Gasteiger partial charge in [-0.05, 0) is 54.8 Å². The Balaban J connectivity index is 1.83. The molecule has 1 amide bonds. The summed E-state index contributed by atoms with van der Waals surface area (Å²) in [6.45, 7) is 2.18. The average molecular weight is 340 g/mol. The lowest BCUT2D eigenvalue weighted by molar-refractivity contribution is -0.114. The minimum atomic E-state index is -0.447. The Bertz CT molecular complexity index is 774. The minimum Gasteiger partial charge on any atom is -0.465 e. The van der Waals surface area contributed by atoms with Crippen molar-refractivity contribution < 1.29 is 18.7 Å². The van der Waals surface area contributed by atoms with Crippen LogP contribution in [0, 0.1) is 5.41 Å². The molecule has 1 aromatic heterocycles. The van der Waals surface area contributed by atoms with E-state index >= 15 is 0 Å². The van der Waals surface area contributed by atoms with Crippen LogP contribution < -0.4 is 5.32 Å². The van der Waals surface area contributed by atoms with Crippen molar-refractivity contribution in [1.82, 2.24) is 5.32 Å². The summed E-state index contributed by atoms with van der Waals surface area (Å²) in [6.07, 6.45) is 3.61. The third-order valence-electron chi connectivity index (χ3n) is 3.59. The SMILES string of the molecule is COC(=O)c1ccc(CCNC(=O)C(=N)/C=C(\C)c2ccco2)cc1. The number of rotatable bonds is 7. The fraction of sp³-hybridized carbons (Fsp3) is 0.211. The van der Waals surface area contributed by atoms with Crippen LogP contribution in [0.2, 0.25) is 0 Å². The molecular formula is C19H20N2O4. The Labute approximate surface area is 146 Å². The van der Waals surface area contributed by atoms with Gasteiger partial charge in [-0.25, -0.2) is 4.79 Å². The highest BCUT2D eigenvalue weighted by atomic mass is 16.5. The number of nitrogens with one attached hydrogen (secondary N) is 2. The molecule has 6 nitrogen and oxygen atoms in total. The van der Waals surface area contributed by atoms with Gasteiger partial charge in [0.05, 0.1) is 18.9 Å². The Morgan fingerprint density at radius 2 is 1.96 bits per heavy atom. The van der Waals surface area contributed by atoms with E-state index in [1.165, 1.54) is 13.2 Å². The molecule has 0 aliphatic rings. The van der Waals surface area contributed by atoms with Crippen LogP contribution in [-0.4, -0.2) is 31.2 Å². The highest BCUT2D eigenvalue weighted by Gasteiger charge is 2.09. The van der Waals surface area contributed by atoms with Gasteiger partial charge in [0.25, 0.3) is 5.91 Å². The second kappa shape index (κ2) is 8.63. The quantitative estimate of drug-likeness (QED) is 0.599. The van der Waals surface area contributed by atoms with Crippen molar-refractivity contribution in [2.45, 2.75) is 13.3 Å². The van der Waals surface area contributed by atoms with Gasteiger partial charge in [0.1, 0.15) is 11.5 Å². The average Bonchev–Trinajstić information content (AvgIpc) is 3.16. The van der Waals surface area contributed by atoms with Crippen molar-refractivity contribution in [2.75, 3.05) is 13.7 Å². The summed E-state index contributed by atoms with van der Waals surface area (Å²) in [5.41, 5.74) is 2.04. The van der Waals surface area contributed by atoms with Gasteiger partial charge in [0, 0.05) is 6.54 Å². The number of carbonyl (C=O) groups excluding carboxylic acids is 2. The van der Waals surface area contributed by atoms with E-state index in [0.717, 1.165) is 5.56 Å². The van der Waals surface area contributed by atoms with E-state index in [1.807, 2.05) is 12.1 Å². The molecule has 0 atom stereocenters. The Kier molecular flexibility index (Phi) is 6.28. The third kappa shape index (κ3) is 5.17. The highest BCUT2D eigenvalue weighted by Crippen LogP contribution is 2.13. The maximum absolute atomic E-state index is 11.9. The fourth-order valence-electron chi connectivity index (χ4n) is 2.20. The molecule has 0 fully saturated rings. The van der Waals surface area contributed by atoms with Crippen LogP contribution in [0.3, 0.4) is 0 Å². The van der Waals surface area contributed by atoms with E-state index in [2.05, 4.69) is 10.1 Å². The van der Waals surface area contributed by atoms with E-state index in [4.69, 9.17) is 9.83 Å². The Hall–Kier alpha value is -3.15. The summed E-state index contributed by atoms with van der Waals surface area (Å²) < 4.78 is 9.86. The van der Waals surface area contributed by atoms with E-state index in [9.17, 15) is 9.59 Å². The van der Waals surface area contributed by atoms with Gasteiger partial charge >= 0.3 is 5.97 Å². The lowest BCUT2D eigenvalue weighted by Gasteiger charge is -2.06. The lowest BCUT2D eigenvalue weighted by Crippen LogP contribution is -2.31. The number of amides is 1. The molecule has 2 rings (SSSR count). The van der Waals surface area contributed by atoms with Gasteiger partial charge in [-0.1, -0.05) is 12.1 Å². The van der Waals surface area contributed by atoms with Gasteiger partial charge in [-0.2, -0.15) is 0 Å².